The maximum atomic E-state index is 11.2. The Kier molecular flexibility index (Phi) is 14.5. The van der Waals surface area contributed by atoms with Gasteiger partial charge in [-0.1, -0.05) is 30.9 Å². The van der Waals surface area contributed by atoms with Crippen molar-refractivity contribution >= 4 is 23.7 Å². The second-order valence-corrected chi connectivity index (χ2v) is 8.57. The molecule has 3 N–H and O–H groups in total. The second kappa shape index (κ2) is 18.3. The first-order chi connectivity index (χ1) is 18.2. The molecule has 7 nitrogen and oxygen atoms in total. The lowest BCUT2D eigenvalue weighted by molar-refractivity contribution is -0.697. The van der Waals surface area contributed by atoms with E-state index in [9.17, 15) is 9.59 Å². The lowest BCUT2D eigenvalue weighted by Gasteiger charge is -2.04. The molecular weight excluding hydrogens is 462 g/mol. The van der Waals surface area contributed by atoms with Crippen molar-refractivity contribution in [1.29, 1.82) is 0 Å². The van der Waals surface area contributed by atoms with Crippen LogP contribution in [0.3, 0.4) is 0 Å². The summed E-state index contributed by atoms with van der Waals surface area (Å²) in [5.74, 6) is 0. The van der Waals surface area contributed by atoms with Crippen LogP contribution >= 0.6 is 0 Å². The molecule has 0 fully saturated rings. The molecule has 0 amide bonds. The van der Waals surface area contributed by atoms with E-state index in [2.05, 4.69) is 27.6 Å². The highest BCUT2D eigenvalue weighted by atomic mass is 16.1. The SMILES string of the molecule is CCCCCCN[n+]1ccc(C(C=CNCCC[n+]2ccc(C(C=CNC)=CC=O)cc2)=CC=O)cc1. The fraction of sp³-hybridized carbons (Fsp3) is 0.333. The van der Waals surface area contributed by atoms with Gasteiger partial charge in [-0.2, -0.15) is 5.43 Å². The standard InChI is InChI=1S/C30H39N5O2/c1-3-4-5-6-17-33-35-23-12-30(13-24-35)28(15-26-37)9-19-32-16-7-20-34-21-10-29(11-22-34)27(14-25-36)8-18-31-2/h8-15,18-19,21-26H,3-7,16-17,20H2,1-2H3,(H-2,31,32,33,36,37)/p+2. The number of nitrogens with one attached hydrogen (secondary N) is 3. The molecule has 0 aliphatic heterocycles. The van der Waals surface area contributed by atoms with Crippen molar-refractivity contribution < 1.29 is 18.8 Å². The van der Waals surface area contributed by atoms with Crippen LogP contribution in [-0.2, 0) is 16.1 Å². The van der Waals surface area contributed by atoms with E-state index in [1.165, 1.54) is 19.3 Å². The summed E-state index contributed by atoms with van der Waals surface area (Å²) < 4.78 is 4.07. The van der Waals surface area contributed by atoms with Gasteiger partial charge in [0.2, 0.25) is 0 Å². The summed E-state index contributed by atoms with van der Waals surface area (Å²) in [7, 11) is 1.82. The van der Waals surface area contributed by atoms with Crippen molar-refractivity contribution in [1.82, 2.24) is 10.6 Å². The Morgan fingerprint density at radius 1 is 0.784 bits per heavy atom. The van der Waals surface area contributed by atoms with Crippen molar-refractivity contribution in [3.8, 4) is 0 Å². The topological polar surface area (TPSA) is 78.0 Å². The number of aromatic nitrogens is 2. The summed E-state index contributed by atoms with van der Waals surface area (Å²) in [4.78, 5) is 22.1. The minimum atomic E-state index is 0.799. The highest BCUT2D eigenvalue weighted by Gasteiger charge is 2.05. The van der Waals surface area contributed by atoms with Crippen molar-refractivity contribution in [3.05, 3.63) is 96.9 Å². The van der Waals surface area contributed by atoms with Gasteiger partial charge in [-0.25, -0.2) is 4.57 Å². The van der Waals surface area contributed by atoms with Crippen LogP contribution in [0, 0.1) is 0 Å². The minimum Gasteiger partial charge on any atom is -0.394 e. The average molecular weight is 504 g/mol. The molecule has 0 aliphatic carbocycles. The van der Waals surface area contributed by atoms with Crippen LogP contribution in [0.5, 0.6) is 0 Å². The number of nitrogens with zero attached hydrogens (tertiary/aromatic N) is 2. The van der Waals surface area contributed by atoms with E-state index >= 15 is 0 Å². The molecule has 0 saturated carbocycles. The maximum absolute atomic E-state index is 11.2. The molecule has 0 atom stereocenters. The van der Waals surface area contributed by atoms with Gasteiger partial charge in [0.15, 0.2) is 24.8 Å². The molecule has 196 valence electrons. The second-order valence-electron chi connectivity index (χ2n) is 8.57. The lowest BCUT2D eigenvalue weighted by Crippen LogP contribution is -2.44. The molecule has 0 spiro atoms. The zero-order valence-corrected chi connectivity index (χ0v) is 22.1. The van der Waals surface area contributed by atoms with Gasteiger partial charge in [0.1, 0.15) is 19.1 Å². The first-order valence-corrected chi connectivity index (χ1v) is 13.0. The molecule has 2 rings (SSSR count). The summed E-state index contributed by atoms with van der Waals surface area (Å²) in [5.41, 5.74) is 7.06. The summed E-state index contributed by atoms with van der Waals surface area (Å²) in [6, 6.07) is 8.02. The highest BCUT2D eigenvalue weighted by Crippen LogP contribution is 2.14. The van der Waals surface area contributed by atoms with Crippen LogP contribution in [0.4, 0.5) is 0 Å². The number of aldehydes is 2. The molecule has 2 aromatic rings. The van der Waals surface area contributed by atoms with E-state index in [1.807, 2.05) is 79.1 Å². The van der Waals surface area contributed by atoms with Gasteiger partial charge in [-0.05, 0) is 65.4 Å². The molecule has 0 radical (unpaired) electrons. The van der Waals surface area contributed by atoms with Gasteiger partial charge < -0.3 is 10.6 Å². The lowest BCUT2D eigenvalue weighted by atomic mass is 10.1. The normalized spacial score (nSPS) is 12.2. The molecular formula is C30H41N5O2+2. The van der Waals surface area contributed by atoms with E-state index < -0.39 is 0 Å². The Morgan fingerprint density at radius 2 is 1.41 bits per heavy atom. The molecule has 37 heavy (non-hydrogen) atoms. The van der Waals surface area contributed by atoms with Crippen LogP contribution in [0.1, 0.15) is 50.2 Å². The Bertz CT molecular complexity index is 1050. The summed E-state index contributed by atoms with van der Waals surface area (Å²) in [6.07, 6.45) is 26.1. The number of hydrogen-bond acceptors (Lipinski definition) is 5. The Balaban J connectivity index is 1.80. The first-order valence-electron chi connectivity index (χ1n) is 13.0. The number of aryl methyl sites for hydroxylation is 1. The van der Waals surface area contributed by atoms with E-state index in [1.54, 1.807) is 18.4 Å². The third-order valence-corrected chi connectivity index (χ3v) is 5.75. The number of carbonyl (C=O) groups is 2. The van der Waals surface area contributed by atoms with E-state index in [0.29, 0.717) is 0 Å². The Labute approximate surface area is 221 Å². The molecule has 0 aliphatic rings. The first kappa shape index (κ1) is 29.2. The maximum Gasteiger partial charge on any atom is 0.200 e. The van der Waals surface area contributed by atoms with Gasteiger partial charge in [-0.3, -0.25) is 9.59 Å². The molecule has 2 aromatic heterocycles. The van der Waals surface area contributed by atoms with E-state index in [0.717, 1.165) is 67.3 Å². The van der Waals surface area contributed by atoms with Crippen molar-refractivity contribution in [3.63, 3.8) is 0 Å². The Morgan fingerprint density at radius 3 is 2.00 bits per heavy atom. The van der Waals surface area contributed by atoms with Gasteiger partial charge in [0.25, 0.3) is 0 Å². The van der Waals surface area contributed by atoms with Gasteiger partial charge in [0.05, 0.1) is 6.54 Å². The quantitative estimate of drug-likeness (QED) is 0.0955. The third-order valence-electron chi connectivity index (χ3n) is 5.75. The number of unbranched alkanes of at least 4 members (excludes halogenated alkanes) is 3. The molecule has 7 heteroatoms. The van der Waals surface area contributed by atoms with Crippen molar-refractivity contribution in [2.75, 3.05) is 25.6 Å². The third kappa shape index (κ3) is 11.5. The number of rotatable bonds is 18. The molecule has 0 aromatic carbocycles. The highest BCUT2D eigenvalue weighted by molar-refractivity contribution is 5.86. The predicted octanol–water partition coefficient (Wildman–Crippen LogP) is 3.48. The van der Waals surface area contributed by atoms with Crippen LogP contribution in [0.2, 0.25) is 0 Å². The van der Waals surface area contributed by atoms with Crippen LogP contribution in [0.25, 0.3) is 11.1 Å². The van der Waals surface area contributed by atoms with E-state index in [-0.39, 0.29) is 0 Å². The van der Waals surface area contributed by atoms with Crippen LogP contribution in [0.15, 0.2) is 85.8 Å². The number of allylic oxidation sites excluding steroid dienone is 6. The largest absolute Gasteiger partial charge is 0.394 e. The molecule has 2 heterocycles. The fourth-order valence-corrected chi connectivity index (χ4v) is 3.69. The zero-order chi connectivity index (χ0) is 26.6. The zero-order valence-electron chi connectivity index (χ0n) is 22.1. The van der Waals surface area contributed by atoms with Crippen LogP contribution in [-0.4, -0.2) is 32.7 Å². The Hall–Kier alpha value is -4.00. The monoisotopic (exact) mass is 503 g/mol. The number of pyridine rings is 2. The molecule has 0 bridgehead atoms. The molecule has 0 unspecified atom stereocenters. The van der Waals surface area contributed by atoms with Crippen molar-refractivity contribution in [2.24, 2.45) is 0 Å². The van der Waals surface area contributed by atoms with Gasteiger partial charge in [-0.15, -0.1) is 0 Å². The van der Waals surface area contributed by atoms with Gasteiger partial charge >= 0.3 is 0 Å². The van der Waals surface area contributed by atoms with Gasteiger partial charge in [0, 0.05) is 44.3 Å². The smallest absolute Gasteiger partial charge is 0.200 e. The summed E-state index contributed by atoms with van der Waals surface area (Å²) >= 11 is 0. The summed E-state index contributed by atoms with van der Waals surface area (Å²) in [5, 5.41) is 6.25. The predicted molar refractivity (Wildman–Crippen MR) is 150 cm³/mol. The number of carbonyl (C=O) groups excluding carboxylic acids is 2. The average Bonchev–Trinajstić information content (AvgIpc) is 2.93. The number of hydrogen-bond donors (Lipinski definition) is 3. The fourth-order valence-electron chi connectivity index (χ4n) is 3.69. The van der Waals surface area contributed by atoms with E-state index in [4.69, 9.17) is 0 Å². The minimum absolute atomic E-state index is 0.799. The van der Waals surface area contributed by atoms with Crippen molar-refractivity contribution in [2.45, 2.75) is 45.6 Å². The molecule has 0 saturated heterocycles. The van der Waals surface area contributed by atoms with Crippen LogP contribution < -0.4 is 25.3 Å². The summed E-state index contributed by atoms with van der Waals surface area (Å²) in [6.45, 7) is 4.82.